The van der Waals surface area contributed by atoms with E-state index in [-0.39, 0.29) is 23.8 Å². The number of ether oxygens (including phenoxy) is 4. The molecule has 6 atom stereocenters. The van der Waals surface area contributed by atoms with Gasteiger partial charge in [0.05, 0.1) is 28.8 Å². The van der Waals surface area contributed by atoms with Crippen molar-refractivity contribution in [3.8, 4) is 11.5 Å². The monoisotopic (exact) mass is 357 g/mol. The summed E-state index contributed by atoms with van der Waals surface area (Å²) in [6.45, 7) is 3.03. The second-order valence-electron chi connectivity index (χ2n) is 5.98. The molecule has 2 heterocycles. The van der Waals surface area contributed by atoms with Crippen molar-refractivity contribution in [2.45, 2.75) is 50.7 Å². The lowest BCUT2D eigenvalue weighted by atomic mass is 10.00. The molecule has 10 heteroatoms. The molecule has 1 aromatic rings. The Morgan fingerprint density at radius 2 is 1.84 bits per heavy atom. The van der Waals surface area contributed by atoms with Gasteiger partial charge in [0.25, 0.3) is 5.69 Å². The zero-order valence-corrected chi connectivity index (χ0v) is 13.6. The van der Waals surface area contributed by atoms with Crippen LogP contribution in [0.2, 0.25) is 0 Å². The van der Waals surface area contributed by atoms with E-state index in [1.807, 2.05) is 0 Å². The number of rotatable bonds is 4. The van der Waals surface area contributed by atoms with Crippen LogP contribution >= 0.6 is 0 Å². The van der Waals surface area contributed by atoms with Crippen molar-refractivity contribution in [2.24, 2.45) is 0 Å². The Bertz CT molecular complexity index is 667. The van der Waals surface area contributed by atoms with E-state index in [2.05, 4.69) is 0 Å². The van der Waals surface area contributed by atoms with E-state index in [9.17, 15) is 25.4 Å². The number of aliphatic hydroxyl groups excluding tert-OH is 3. The van der Waals surface area contributed by atoms with E-state index >= 15 is 0 Å². The molecular weight excluding hydrogens is 338 g/mol. The lowest BCUT2D eigenvalue weighted by Gasteiger charge is -2.39. The van der Waals surface area contributed by atoms with Crippen molar-refractivity contribution in [1.29, 1.82) is 0 Å². The second-order valence-corrected chi connectivity index (χ2v) is 5.98. The summed E-state index contributed by atoms with van der Waals surface area (Å²) in [6.07, 6.45) is -7.10. The van der Waals surface area contributed by atoms with E-state index < -0.39 is 41.7 Å². The van der Waals surface area contributed by atoms with Crippen molar-refractivity contribution in [1.82, 2.24) is 0 Å². The average molecular weight is 357 g/mol. The molecule has 1 unspecified atom stereocenters. The highest BCUT2D eigenvalue weighted by Crippen LogP contribution is 2.41. The Morgan fingerprint density at radius 1 is 1.20 bits per heavy atom. The maximum Gasteiger partial charge on any atom is 0.279 e. The van der Waals surface area contributed by atoms with Crippen molar-refractivity contribution >= 4 is 5.69 Å². The van der Waals surface area contributed by atoms with Gasteiger partial charge in [-0.15, -0.1) is 0 Å². The normalized spacial score (nSPS) is 32.4. The van der Waals surface area contributed by atoms with Crippen LogP contribution in [0.1, 0.15) is 25.5 Å². The highest BCUT2D eigenvalue weighted by atomic mass is 16.7. The summed E-state index contributed by atoms with van der Waals surface area (Å²) < 4.78 is 21.3. The van der Waals surface area contributed by atoms with Crippen LogP contribution < -0.4 is 9.47 Å². The number of nitro benzene ring substituents is 1. The van der Waals surface area contributed by atoms with Crippen molar-refractivity contribution in [3.05, 3.63) is 27.8 Å². The van der Waals surface area contributed by atoms with E-state index in [0.29, 0.717) is 5.75 Å². The Kier molecular flexibility index (Phi) is 4.80. The van der Waals surface area contributed by atoms with Crippen molar-refractivity contribution < 1.29 is 39.2 Å². The molecule has 1 fully saturated rings. The minimum Gasteiger partial charge on any atom is -0.454 e. The van der Waals surface area contributed by atoms with Gasteiger partial charge in [-0.25, -0.2) is 0 Å². The van der Waals surface area contributed by atoms with Gasteiger partial charge in [-0.1, -0.05) is 0 Å². The molecule has 138 valence electrons. The molecule has 0 bridgehead atoms. The summed E-state index contributed by atoms with van der Waals surface area (Å²) in [7, 11) is 0. The quantitative estimate of drug-likeness (QED) is 0.510. The van der Waals surface area contributed by atoms with Crippen LogP contribution in [0.3, 0.4) is 0 Å². The second kappa shape index (κ2) is 6.73. The topological polar surface area (TPSA) is 141 Å². The Morgan fingerprint density at radius 3 is 2.48 bits per heavy atom. The van der Waals surface area contributed by atoms with Gasteiger partial charge in [-0.3, -0.25) is 10.1 Å². The minimum atomic E-state index is -1.50. The largest absolute Gasteiger partial charge is 0.454 e. The molecular formula is C15H19NO9. The SMILES string of the molecule is CC(O[C@H]1O[C@@H](C)[C@H](O)[C@@H](O)[C@H]1O)c1cc2c(cc1[N+](=O)[O-])OCO2. The predicted molar refractivity (Wildman–Crippen MR) is 81.1 cm³/mol. The summed E-state index contributed by atoms with van der Waals surface area (Å²) in [6, 6.07) is 2.69. The summed E-state index contributed by atoms with van der Waals surface area (Å²) in [4.78, 5) is 10.8. The van der Waals surface area contributed by atoms with Gasteiger partial charge in [0, 0.05) is 0 Å². The number of fused-ring (bicyclic) bond motifs is 1. The van der Waals surface area contributed by atoms with E-state index in [1.165, 1.54) is 19.1 Å². The first-order valence-corrected chi connectivity index (χ1v) is 7.72. The molecule has 2 aliphatic heterocycles. The molecule has 1 saturated heterocycles. The molecule has 10 nitrogen and oxygen atoms in total. The fraction of sp³-hybridized carbons (Fsp3) is 0.600. The molecule has 0 radical (unpaired) electrons. The molecule has 0 aliphatic carbocycles. The molecule has 0 saturated carbocycles. The third-order valence-corrected chi connectivity index (χ3v) is 4.30. The highest BCUT2D eigenvalue weighted by molar-refractivity contribution is 5.55. The number of aliphatic hydroxyl groups is 3. The zero-order chi connectivity index (χ0) is 18.3. The zero-order valence-electron chi connectivity index (χ0n) is 13.6. The maximum absolute atomic E-state index is 11.3. The number of nitrogens with zero attached hydrogens (tertiary/aromatic N) is 1. The van der Waals surface area contributed by atoms with Crippen LogP contribution in [0.5, 0.6) is 11.5 Å². The third-order valence-electron chi connectivity index (χ3n) is 4.30. The van der Waals surface area contributed by atoms with Crippen LogP contribution in [0.15, 0.2) is 12.1 Å². The van der Waals surface area contributed by atoms with Gasteiger partial charge < -0.3 is 34.3 Å². The minimum absolute atomic E-state index is 0.0305. The van der Waals surface area contributed by atoms with Gasteiger partial charge >= 0.3 is 0 Å². The lowest BCUT2D eigenvalue weighted by Crippen LogP contribution is -2.57. The molecule has 3 rings (SSSR count). The van der Waals surface area contributed by atoms with Crippen molar-refractivity contribution in [3.63, 3.8) is 0 Å². The molecule has 0 aromatic heterocycles. The Hall–Kier alpha value is -1.98. The van der Waals surface area contributed by atoms with Gasteiger partial charge in [0.15, 0.2) is 17.8 Å². The van der Waals surface area contributed by atoms with Crippen LogP contribution in [0, 0.1) is 10.1 Å². The van der Waals surface area contributed by atoms with Crippen molar-refractivity contribution in [2.75, 3.05) is 6.79 Å². The standard InChI is InChI=1S/C15H19NO9/c1-6(24-15-14(19)13(18)12(17)7(2)25-15)8-3-10-11(23-5-22-10)4-9(8)16(20)21/h3-4,6-7,12-15,17-19H,5H2,1-2H3/t6?,7-,12-,13+,14+,15-/m0/s1. The molecule has 0 spiro atoms. The van der Waals surface area contributed by atoms with Crippen LogP contribution in [-0.4, -0.2) is 57.7 Å². The van der Waals surface area contributed by atoms with Gasteiger partial charge in [0.2, 0.25) is 6.79 Å². The highest BCUT2D eigenvalue weighted by Gasteiger charge is 2.43. The first kappa shape index (κ1) is 17.8. The number of nitro groups is 1. The predicted octanol–water partition coefficient (Wildman–Crippen LogP) is 0.229. The fourth-order valence-electron chi connectivity index (χ4n) is 2.83. The van der Waals surface area contributed by atoms with Gasteiger partial charge in [-0.05, 0) is 19.9 Å². The number of hydrogen-bond donors (Lipinski definition) is 3. The Labute approximate surface area is 142 Å². The molecule has 2 aliphatic rings. The van der Waals surface area contributed by atoms with Crippen LogP contribution in [0.4, 0.5) is 5.69 Å². The van der Waals surface area contributed by atoms with E-state index in [1.54, 1.807) is 6.92 Å². The summed E-state index contributed by atoms with van der Waals surface area (Å²) in [5.41, 5.74) is -0.0194. The van der Waals surface area contributed by atoms with Crippen LogP contribution in [0.25, 0.3) is 0 Å². The van der Waals surface area contributed by atoms with Gasteiger partial charge in [-0.2, -0.15) is 0 Å². The lowest BCUT2D eigenvalue weighted by molar-refractivity contribution is -0.386. The van der Waals surface area contributed by atoms with Crippen LogP contribution in [-0.2, 0) is 9.47 Å². The first-order chi connectivity index (χ1) is 11.8. The summed E-state index contributed by atoms with van der Waals surface area (Å²) >= 11 is 0. The molecule has 25 heavy (non-hydrogen) atoms. The van der Waals surface area contributed by atoms with E-state index in [0.717, 1.165) is 0 Å². The third kappa shape index (κ3) is 3.26. The number of hydrogen-bond acceptors (Lipinski definition) is 9. The first-order valence-electron chi connectivity index (χ1n) is 7.72. The molecule has 0 amide bonds. The van der Waals surface area contributed by atoms with E-state index in [4.69, 9.17) is 18.9 Å². The maximum atomic E-state index is 11.3. The fourth-order valence-corrected chi connectivity index (χ4v) is 2.83. The smallest absolute Gasteiger partial charge is 0.279 e. The van der Waals surface area contributed by atoms with Gasteiger partial charge in [0.1, 0.15) is 18.3 Å². The summed E-state index contributed by atoms with van der Waals surface area (Å²) in [5.74, 6) is 0.619. The Balaban J connectivity index is 1.84. The number of benzene rings is 1. The molecule has 3 N–H and O–H groups in total. The average Bonchev–Trinajstić information content (AvgIpc) is 3.03. The summed E-state index contributed by atoms with van der Waals surface area (Å²) in [5, 5.41) is 40.9. The molecule has 1 aromatic carbocycles.